The summed E-state index contributed by atoms with van der Waals surface area (Å²) < 4.78 is 4.12. The largest absolute Gasteiger partial charge is 0.481 e. The van der Waals surface area contributed by atoms with Crippen LogP contribution in [0.4, 0.5) is 0 Å². The molecule has 5 N–H and O–H groups in total. The van der Waals surface area contributed by atoms with Crippen molar-refractivity contribution in [3.05, 3.63) is 0 Å². The van der Waals surface area contributed by atoms with Crippen LogP contribution in [0.1, 0.15) is 19.3 Å². The van der Waals surface area contributed by atoms with Crippen LogP contribution in [0, 0.1) is 0 Å². The highest BCUT2D eigenvalue weighted by molar-refractivity contribution is 5.93. The van der Waals surface area contributed by atoms with Crippen LogP contribution in [-0.2, 0) is 23.9 Å². The van der Waals surface area contributed by atoms with Crippen LogP contribution in [0.15, 0.2) is 0 Å². The molecule has 16 heavy (non-hydrogen) atoms. The molecule has 2 amide bonds. The molecule has 0 heterocycles. The van der Waals surface area contributed by atoms with Crippen LogP contribution < -0.4 is 11.5 Å². The zero-order chi connectivity index (χ0) is 13.1. The standard InChI is InChI=1S/2C4H7NO3/c1-8-4(7)2-3(5)6;5-3(6)1-2-4(7)8/h2H2,1H3,(H2,5,6);1-2H2,(H2,5,6)(H,7,8). The third kappa shape index (κ3) is 17.8. The van der Waals surface area contributed by atoms with Gasteiger partial charge in [-0.25, -0.2) is 0 Å². The molecule has 0 fully saturated rings. The van der Waals surface area contributed by atoms with E-state index in [1.807, 2.05) is 0 Å². The minimum atomic E-state index is -0.996. The Bertz CT molecular complexity index is 262. The number of nitrogens with two attached hydrogens (primary N) is 2. The van der Waals surface area contributed by atoms with E-state index >= 15 is 0 Å². The summed E-state index contributed by atoms with van der Waals surface area (Å²) in [6.07, 6.45) is -0.582. The molecule has 8 nitrogen and oxygen atoms in total. The van der Waals surface area contributed by atoms with E-state index in [9.17, 15) is 19.2 Å². The first-order valence-electron chi connectivity index (χ1n) is 4.14. The molecule has 8 heteroatoms. The first kappa shape index (κ1) is 16.3. The highest BCUT2D eigenvalue weighted by Crippen LogP contribution is 1.84. The molecule has 0 aromatic carbocycles. The van der Waals surface area contributed by atoms with Crippen LogP contribution >= 0.6 is 0 Å². The number of carboxylic acid groups (broad SMARTS) is 1. The maximum absolute atomic E-state index is 10.1. The predicted molar refractivity (Wildman–Crippen MR) is 51.9 cm³/mol. The van der Waals surface area contributed by atoms with Crippen molar-refractivity contribution in [3.8, 4) is 0 Å². The van der Waals surface area contributed by atoms with E-state index < -0.39 is 23.8 Å². The number of primary amides is 2. The molecular weight excluding hydrogens is 220 g/mol. The fourth-order valence-electron chi connectivity index (χ4n) is 0.445. The molecule has 0 saturated heterocycles. The van der Waals surface area contributed by atoms with E-state index in [1.165, 1.54) is 7.11 Å². The quantitative estimate of drug-likeness (QED) is 0.384. The molecule has 0 aliphatic carbocycles. The van der Waals surface area contributed by atoms with E-state index in [-0.39, 0.29) is 19.3 Å². The Hall–Kier alpha value is -2.12. The van der Waals surface area contributed by atoms with E-state index in [2.05, 4.69) is 16.2 Å². The lowest BCUT2D eigenvalue weighted by molar-refractivity contribution is -0.143. The van der Waals surface area contributed by atoms with Crippen LogP contribution in [0.3, 0.4) is 0 Å². The van der Waals surface area contributed by atoms with E-state index in [0.717, 1.165) is 0 Å². The number of amides is 2. The minimum Gasteiger partial charge on any atom is -0.481 e. The third-order valence-corrected chi connectivity index (χ3v) is 1.13. The molecular formula is C8H14N2O6. The van der Waals surface area contributed by atoms with Crippen molar-refractivity contribution < 1.29 is 29.0 Å². The summed E-state index contributed by atoms with van der Waals surface area (Å²) in [6, 6.07) is 0. The van der Waals surface area contributed by atoms with Gasteiger partial charge in [0.2, 0.25) is 11.8 Å². The summed E-state index contributed by atoms with van der Waals surface area (Å²) >= 11 is 0. The first-order valence-corrected chi connectivity index (χ1v) is 4.14. The van der Waals surface area contributed by atoms with E-state index in [0.29, 0.717) is 0 Å². The Labute approximate surface area is 91.5 Å². The lowest BCUT2D eigenvalue weighted by atomic mass is 10.3. The Morgan fingerprint density at radius 1 is 1.06 bits per heavy atom. The number of aliphatic carboxylic acids is 1. The Kier molecular flexibility index (Phi) is 9.62. The van der Waals surface area contributed by atoms with E-state index in [4.69, 9.17) is 5.11 Å². The van der Waals surface area contributed by atoms with Gasteiger partial charge in [0, 0.05) is 6.42 Å². The van der Waals surface area contributed by atoms with Gasteiger partial charge in [-0.3, -0.25) is 19.2 Å². The van der Waals surface area contributed by atoms with Gasteiger partial charge < -0.3 is 21.3 Å². The second-order valence-corrected chi connectivity index (χ2v) is 2.58. The van der Waals surface area contributed by atoms with Gasteiger partial charge in [-0.1, -0.05) is 0 Å². The topological polar surface area (TPSA) is 150 Å². The molecule has 0 spiro atoms. The molecule has 0 saturated carbocycles. The number of methoxy groups -OCH3 is 1. The van der Waals surface area contributed by atoms with Crippen LogP contribution in [0.2, 0.25) is 0 Å². The fraction of sp³-hybridized carbons (Fsp3) is 0.500. The van der Waals surface area contributed by atoms with Crippen LogP contribution in [0.5, 0.6) is 0 Å². The van der Waals surface area contributed by atoms with Crippen molar-refractivity contribution >= 4 is 23.8 Å². The first-order chi connectivity index (χ1) is 7.29. The zero-order valence-corrected chi connectivity index (χ0v) is 8.76. The molecule has 0 unspecified atom stereocenters. The second kappa shape index (κ2) is 9.44. The smallest absolute Gasteiger partial charge is 0.315 e. The van der Waals surface area contributed by atoms with E-state index in [1.54, 1.807) is 0 Å². The summed E-state index contributed by atoms with van der Waals surface area (Å²) in [5.41, 5.74) is 9.27. The number of ether oxygens (including phenoxy) is 1. The monoisotopic (exact) mass is 234 g/mol. The normalized spacial score (nSPS) is 8.31. The van der Waals surface area contributed by atoms with Crippen molar-refractivity contribution in [2.75, 3.05) is 7.11 Å². The average molecular weight is 234 g/mol. The molecule has 0 aromatic heterocycles. The molecule has 0 aliphatic heterocycles. The number of carbonyl (C=O) groups is 4. The minimum absolute atomic E-state index is 0.0741. The highest BCUT2D eigenvalue weighted by atomic mass is 16.5. The number of esters is 1. The molecule has 0 radical (unpaired) electrons. The zero-order valence-electron chi connectivity index (χ0n) is 8.76. The Balaban J connectivity index is 0. The second-order valence-electron chi connectivity index (χ2n) is 2.58. The van der Waals surface area contributed by atoms with Gasteiger partial charge in [0.15, 0.2) is 0 Å². The maximum Gasteiger partial charge on any atom is 0.315 e. The van der Waals surface area contributed by atoms with Crippen molar-refractivity contribution in [2.24, 2.45) is 11.5 Å². The summed E-state index contributed by atoms with van der Waals surface area (Å²) in [5.74, 6) is -2.84. The number of rotatable bonds is 5. The van der Waals surface area contributed by atoms with Gasteiger partial charge in [-0.05, 0) is 0 Å². The summed E-state index contributed by atoms with van der Waals surface area (Å²) in [7, 11) is 1.20. The fourth-order valence-corrected chi connectivity index (χ4v) is 0.445. The predicted octanol–water partition coefficient (Wildman–Crippen LogP) is -1.63. The van der Waals surface area contributed by atoms with Crippen molar-refractivity contribution in [3.63, 3.8) is 0 Å². The number of carbonyl (C=O) groups excluding carboxylic acids is 3. The Morgan fingerprint density at radius 3 is 1.69 bits per heavy atom. The van der Waals surface area contributed by atoms with Gasteiger partial charge in [-0.2, -0.15) is 0 Å². The lowest BCUT2D eigenvalue weighted by Gasteiger charge is -1.90. The molecule has 0 rings (SSSR count). The lowest BCUT2D eigenvalue weighted by Crippen LogP contribution is -2.16. The molecule has 0 aliphatic rings. The molecule has 0 aromatic rings. The Morgan fingerprint density at radius 2 is 1.56 bits per heavy atom. The molecule has 0 bridgehead atoms. The van der Waals surface area contributed by atoms with Gasteiger partial charge >= 0.3 is 11.9 Å². The highest BCUT2D eigenvalue weighted by Gasteiger charge is 2.02. The average Bonchev–Trinajstić information content (AvgIpc) is 2.14. The summed E-state index contributed by atoms with van der Waals surface area (Å²) in [5, 5.41) is 7.95. The SMILES string of the molecule is COC(=O)CC(N)=O.NC(=O)CCC(=O)O. The van der Waals surface area contributed by atoms with Crippen LogP contribution in [0.25, 0.3) is 0 Å². The van der Waals surface area contributed by atoms with Crippen molar-refractivity contribution in [1.82, 2.24) is 0 Å². The third-order valence-electron chi connectivity index (χ3n) is 1.13. The molecule has 0 atom stereocenters. The van der Waals surface area contributed by atoms with Crippen LogP contribution in [-0.4, -0.2) is 36.0 Å². The van der Waals surface area contributed by atoms with Crippen molar-refractivity contribution in [1.29, 1.82) is 0 Å². The van der Waals surface area contributed by atoms with Gasteiger partial charge in [0.05, 0.1) is 13.5 Å². The summed E-state index contributed by atoms with van der Waals surface area (Å²) in [4.78, 5) is 39.5. The molecule has 92 valence electrons. The van der Waals surface area contributed by atoms with Gasteiger partial charge in [-0.15, -0.1) is 0 Å². The number of carboxylic acids is 1. The number of hydrogen-bond acceptors (Lipinski definition) is 5. The maximum atomic E-state index is 10.1. The van der Waals surface area contributed by atoms with Gasteiger partial charge in [0.25, 0.3) is 0 Å². The van der Waals surface area contributed by atoms with Crippen molar-refractivity contribution in [2.45, 2.75) is 19.3 Å². The summed E-state index contributed by atoms with van der Waals surface area (Å²) in [6.45, 7) is 0. The number of hydrogen-bond donors (Lipinski definition) is 3. The van der Waals surface area contributed by atoms with Gasteiger partial charge in [0.1, 0.15) is 6.42 Å².